The molecule has 0 saturated carbocycles. The Kier molecular flexibility index (Phi) is 4.02. The van der Waals surface area contributed by atoms with Gasteiger partial charge in [-0.25, -0.2) is 4.79 Å². The molecule has 0 aliphatic carbocycles. The zero-order chi connectivity index (χ0) is 15.6. The second kappa shape index (κ2) is 5.74. The Labute approximate surface area is 121 Å². The molecule has 7 heteroatoms. The molecule has 1 heterocycles. The van der Waals surface area contributed by atoms with Gasteiger partial charge in [-0.2, -0.15) is 0 Å². The van der Waals surface area contributed by atoms with Gasteiger partial charge in [-0.15, -0.1) is 0 Å². The summed E-state index contributed by atoms with van der Waals surface area (Å²) in [5.74, 6) is -3.84. The van der Waals surface area contributed by atoms with Crippen LogP contribution in [-0.2, 0) is 20.9 Å². The number of hydrogen-bond acceptors (Lipinski definition) is 4. The highest BCUT2D eigenvalue weighted by molar-refractivity contribution is 6.25. The van der Waals surface area contributed by atoms with Crippen molar-refractivity contribution in [1.82, 2.24) is 15.1 Å². The first kappa shape index (κ1) is 14.7. The quantitative estimate of drug-likeness (QED) is 0.792. The van der Waals surface area contributed by atoms with Gasteiger partial charge in [0.1, 0.15) is 0 Å². The van der Waals surface area contributed by atoms with E-state index in [4.69, 9.17) is 0 Å². The third-order valence-corrected chi connectivity index (χ3v) is 3.30. The average Bonchev–Trinajstić information content (AvgIpc) is 2.50. The summed E-state index contributed by atoms with van der Waals surface area (Å²) in [6, 6.07) is 8.36. The molecule has 1 aliphatic heterocycles. The Bertz CT molecular complexity index is 575. The number of urea groups is 1. The van der Waals surface area contributed by atoms with Gasteiger partial charge >= 0.3 is 6.03 Å². The summed E-state index contributed by atoms with van der Waals surface area (Å²) in [5, 5.41) is 2.54. The Morgan fingerprint density at radius 3 is 2.10 bits per heavy atom. The molecule has 1 aliphatic rings. The Morgan fingerprint density at radius 1 is 1.05 bits per heavy atom. The minimum atomic E-state index is -1.51. The highest BCUT2D eigenvalue weighted by Crippen LogP contribution is 2.15. The number of barbiturate groups is 1. The molecule has 1 aromatic carbocycles. The van der Waals surface area contributed by atoms with Gasteiger partial charge in [0.15, 0.2) is 5.92 Å². The minimum absolute atomic E-state index is 0.206. The van der Waals surface area contributed by atoms with Crippen LogP contribution in [0.1, 0.15) is 5.56 Å². The summed E-state index contributed by atoms with van der Waals surface area (Å²) >= 11 is 0. The lowest BCUT2D eigenvalue weighted by molar-refractivity contribution is -0.152. The van der Waals surface area contributed by atoms with E-state index in [1.54, 1.807) is 0 Å². The SMILES string of the molecule is CN1C(=O)C(C(=O)NCc2ccccc2)C(=O)N(C)C1=O. The van der Waals surface area contributed by atoms with Crippen molar-refractivity contribution < 1.29 is 19.2 Å². The fourth-order valence-electron chi connectivity index (χ4n) is 2.02. The van der Waals surface area contributed by atoms with Gasteiger partial charge in [-0.05, 0) is 5.56 Å². The Hall–Kier alpha value is -2.70. The Balaban J connectivity index is 2.09. The molecule has 0 bridgehead atoms. The predicted octanol–water partition coefficient (Wildman–Crippen LogP) is -0.0306. The standard InChI is InChI=1S/C14H15N3O4/c1-16-12(19)10(13(20)17(2)14(16)21)11(18)15-8-9-6-4-3-5-7-9/h3-7,10H,8H2,1-2H3,(H,15,18). The van der Waals surface area contributed by atoms with Crippen LogP contribution in [-0.4, -0.2) is 47.6 Å². The van der Waals surface area contributed by atoms with Gasteiger partial charge in [0.25, 0.3) is 11.8 Å². The normalized spacial score (nSPS) is 16.4. The van der Waals surface area contributed by atoms with E-state index < -0.39 is 29.7 Å². The van der Waals surface area contributed by atoms with Crippen LogP contribution in [0.25, 0.3) is 0 Å². The molecule has 7 nitrogen and oxygen atoms in total. The lowest BCUT2D eigenvalue weighted by Gasteiger charge is -2.32. The topological polar surface area (TPSA) is 86.8 Å². The second-order valence-corrected chi connectivity index (χ2v) is 4.71. The molecule has 0 unspecified atom stereocenters. The van der Waals surface area contributed by atoms with Gasteiger partial charge in [0, 0.05) is 20.6 Å². The van der Waals surface area contributed by atoms with E-state index in [2.05, 4.69) is 5.32 Å². The molecule has 0 spiro atoms. The first-order chi connectivity index (χ1) is 9.93. The van der Waals surface area contributed by atoms with E-state index in [-0.39, 0.29) is 6.54 Å². The highest BCUT2D eigenvalue weighted by Gasteiger charge is 2.46. The van der Waals surface area contributed by atoms with Crippen LogP contribution in [0.4, 0.5) is 4.79 Å². The van der Waals surface area contributed by atoms with Crippen LogP contribution in [0.15, 0.2) is 30.3 Å². The number of amides is 5. The number of nitrogens with zero attached hydrogens (tertiary/aromatic N) is 2. The molecule has 5 amide bonds. The van der Waals surface area contributed by atoms with Crippen LogP contribution in [0.5, 0.6) is 0 Å². The molecule has 2 rings (SSSR count). The number of benzene rings is 1. The Morgan fingerprint density at radius 2 is 1.57 bits per heavy atom. The second-order valence-electron chi connectivity index (χ2n) is 4.71. The number of hydrogen-bond donors (Lipinski definition) is 1. The summed E-state index contributed by atoms with van der Waals surface area (Å²) < 4.78 is 0. The van der Waals surface area contributed by atoms with E-state index >= 15 is 0 Å². The first-order valence-electron chi connectivity index (χ1n) is 6.34. The van der Waals surface area contributed by atoms with Crippen LogP contribution in [0, 0.1) is 5.92 Å². The lowest BCUT2D eigenvalue weighted by Crippen LogP contribution is -2.60. The molecule has 110 valence electrons. The zero-order valence-corrected chi connectivity index (χ0v) is 11.7. The number of carbonyl (C=O) groups excluding carboxylic acids is 4. The summed E-state index contributed by atoms with van der Waals surface area (Å²) in [6.45, 7) is 0.206. The maximum absolute atomic E-state index is 12.1. The van der Waals surface area contributed by atoms with Crippen LogP contribution >= 0.6 is 0 Å². The van der Waals surface area contributed by atoms with Gasteiger partial charge < -0.3 is 5.32 Å². The highest BCUT2D eigenvalue weighted by atomic mass is 16.2. The number of imide groups is 2. The third-order valence-electron chi connectivity index (χ3n) is 3.30. The van der Waals surface area contributed by atoms with E-state index in [0.29, 0.717) is 0 Å². The molecular weight excluding hydrogens is 274 g/mol. The summed E-state index contributed by atoms with van der Waals surface area (Å²) in [4.78, 5) is 49.1. The van der Waals surface area contributed by atoms with Crippen LogP contribution in [0.2, 0.25) is 0 Å². The maximum Gasteiger partial charge on any atom is 0.332 e. The van der Waals surface area contributed by atoms with Crippen molar-refractivity contribution in [1.29, 1.82) is 0 Å². The first-order valence-corrected chi connectivity index (χ1v) is 6.34. The smallest absolute Gasteiger partial charge is 0.332 e. The van der Waals surface area contributed by atoms with Gasteiger partial charge in [-0.1, -0.05) is 30.3 Å². The van der Waals surface area contributed by atoms with Crippen molar-refractivity contribution >= 4 is 23.8 Å². The fraction of sp³-hybridized carbons (Fsp3) is 0.286. The third kappa shape index (κ3) is 2.76. The molecule has 0 atom stereocenters. The number of nitrogens with one attached hydrogen (secondary N) is 1. The van der Waals surface area contributed by atoms with Crippen molar-refractivity contribution in [3.8, 4) is 0 Å². The average molecular weight is 289 g/mol. The van der Waals surface area contributed by atoms with Gasteiger partial charge in [0.05, 0.1) is 0 Å². The number of carbonyl (C=O) groups is 4. The van der Waals surface area contributed by atoms with Gasteiger partial charge in [-0.3, -0.25) is 24.2 Å². The molecule has 1 fully saturated rings. The largest absolute Gasteiger partial charge is 0.351 e. The minimum Gasteiger partial charge on any atom is -0.351 e. The molecule has 1 aromatic rings. The van der Waals surface area contributed by atoms with E-state index in [1.165, 1.54) is 14.1 Å². The number of rotatable bonds is 3. The van der Waals surface area contributed by atoms with Crippen molar-refractivity contribution in [2.45, 2.75) is 6.54 Å². The summed E-state index contributed by atoms with van der Waals surface area (Å²) in [6.07, 6.45) is 0. The fourth-order valence-corrected chi connectivity index (χ4v) is 2.02. The van der Waals surface area contributed by atoms with E-state index in [0.717, 1.165) is 15.4 Å². The maximum atomic E-state index is 12.1. The van der Waals surface area contributed by atoms with Crippen molar-refractivity contribution in [2.24, 2.45) is 5.92 Å². The predicted molar refractivity (Wildman–Crippen MR) is 72.7 cm³/mol. The van der Waals surface area contributed by atoms with Crippen LogP contribution < -0.4 is 5.32 Å². The van der Waals surface area contributed by atoms with Crippen molar-refractivity contribution in [3.63, 3.8) is 0 Å². The molecule has 0 radical (unpaired) electrons. The molecule has 0 aromatic heterocycles. The van der Waals surface area contributed by atoms with Crippen molar-refractivity contribution in [2.75, 3.05) is 14.1 Å². The van der Waals surface area contributed by atoms with E-state index in [1.807, 2.05) is 30.3 Å². The van der Waals surface area contributed by atoms with Gasteiger partial charge in [0.2, 0.25) is 5.91 Å². The summed E-state index contributed by atoms with van der Waals surface area (Å²) in [7, 11) is 2.48. The summed E-state index contributed by atoms with van der Waals surface area (Å²) in [5.41, 5.74) is 0.847. The van der Waals surface area contributed by atoms with E-state index in [9.17, 15) is 19.2 Å². The molecule has 1 N–H and O–H groups in total. The molecular formula is C14H15N3O4. The molecule has 21 heavy (non-hydrogen) atoms. The molecule has 1 saturated heterocycles. The zero-order valence-electron chi connectivity index (χ0n) is 11.7. The van der Waals surface area contributed by atoms with Crippen LogP contribution in [0.3, 0.4) is 0 Å². The lowest BCUT2D eigenvalue weighted by atomic mass is 10.0. The van der Waals surface area contributed by atoms with Crippen molar-refractivity contribution in [3.05, 3.63) is 35.9 Å². The monoisotopic (exact) mass is 289 g/mol.